The summed E-state index contributed by atoms with van der Waals surface area (Å²) in [5.74, 6) is -1.19. The smallest absolute Gasteiger partial charge is 0.545 e. The first kappa shape index (κ1) is 25.9. The van der Waals surface area contributed by atoms with Crippen molar-refractivity contribution < 1.29 is 28.8 Å². The van der Waals surface area contributed by atoms with E-state index in [1.165, 1.54) is 0 Å². The maximum absolute atomic E-state index is 11.1. The summed E-state index contributed by atoms with van der Waals surface area (Å²) in [5, 5.41) is 26.8. The predicted molar refractivity (Wildman–Crippen MR) is 137 cm³/mol. The summed E-state index contributed by atoms with van der Waals surface area (Å²) in [5.41, 5.74) is 5.54. The summed E-state index contributed by atoms with van der Waals surface area (Å²) in [6, 6.07) is 29.0. The van der Waals surface area contributed by atoms with E-state index in [-0.39, 0.29) is 30.5 Å². The fraction of sp³-hybridized carbons (Fsp3) is 0.100. The van der Waals surface area contributed by atoms with Crippen LogP contribution in [-0.2, 0) is 13.6 Å². The van der Waals surface area contributed by atoms with Gasteiger partial charge < -0.3 is 19.8 Å². The van der Waals surface area contributed by atoms with Crippen LogP contribution in [0.15, 0.2) is 97.5 Å². The fourth-order valence-corrected chi connectivity index (χ4v) is 4.54. The van der Waals surface area contributed by atoms with Crippen molar-refractivity contribution in [3.63, 3.8) is 0 Å². The molecule has 0 saturated carbocycles. The third-order valence-corrected chi connectivity index (χ3v) is 6.43. The Labute approximate surface area is 227 Å². The summed E-state index contributed by atoms with van der Waals surface area (Å²) in [7, 11) is 1.95. The van der Waals surface area contributed by atoms with E-state index in [0.717, 1.165) is 38.7 Å². The number of imidazole rings is 1. The average molecular weight is 478 g/mol. The minimum Gasteiger partial charge on any atom is -0.545 e. The molecular formula is C30H23LiN4O2. The Kier molecular flexibility index (Phi) is 7.91. The van der Waals surface area contributed by atoms with Gasteiger partial charge in [-0.1, -0.05) is 72.8 Å². The van der Waals surface area contributed by atoms with Crippen LogP contribution < -0.4 is 29.3 Å². The number of carboxylic acid groups (broad SMARTS) is 1. The zero-order valence-corrected chi connectivity index (χ0v) is 20.7. The third-order valence-electron chi connectivity index (χ3n) is 6.43. The van der Waals surface area contributed by atoms with Gasteiger partial charge in [-0.25, -0.2) is 4.98 Å². The Hall–Kier alpha value is -4.13. The first-order valence-electron chi connectivity index (χ1n) is 11.6. The Morgan fingerprint density at radius 3 is 2.49 bits per heavy atom. The second-order valence-corrected chi connectivity index (χ2v) is 8.67. The van der Waals surface area contributed by atoms with Crippen LogP contribution in [0.1, 0.15) is 38.8 Å². The molecule has 0 bridgehead atoms. The van der Waals surface area contributed by atoms with E-state index in [4.69, 9.17) is 0 Å². The summed E-state index contributed by atoms with van der Waals surface area (Å²) >= 11 is 0. The summed E-state index contributed by atoms with van der Waals surface area (Å²) in [6.45, 7) is 0.507. The Bertz CT molecular complexity index is 1600. The van der Waals surface area contributed by atoms with Gasteiger partial charge in [-0.3, -0.25) is 0 Å². The normalized spacial score (nSPS) is 11.5. The molecule has 6 nitrogen and oxygen atoms in total. The van der Waals surface area contributed by atoms with Crippen LogP contribution in [0.5, 0.6) is 0 Å². The van der Waals surface area contributed by atoms with Gasteiger partial charge in [0, 0.05) is 19.2 Å². The fourth-order valence-electron chi connectivity index (χ4n) is 4.54. The number of carbonyl (C=O) groups is 1. The van der Waals surface area contributed by atoms with Crippen LogP contribution in [0.4, 0.5) is 0 Å². The second kappa shape index (κ2) is 11.3. The number of rotatable bonds is 7. The van der Waals surface area contributed by atoms with Gasteiger partial charge in [0.05, 0.1) is 41.9 Å². The summed E-state index contributed by atoms with van der Waals surface area (Å²) < 4.78 is 1.96. The standard InChI is InChI=1S/C30H24N4O2.Li/c1-34-19-32-18-28(34)29(33-17-20-9-11-22(12-10-20)30(35)36)23-13-14-24(16-31)27(15-23)26-8-4-6-21-5-2-3-7-25(21)26;/h2-15,18-19,29,33H,17H2,1H3,(H,35,36);/q;+1/p-1. The monoisotopic (exact) mass is 478 g/mol. The van der Waals surface area contributed by atoms with Gasteiger partial charge in [0.15, 0.2) is 0 Å². The number of hydrogen-bond donors (Lipinski definition) is 1. The summed E-state index contributed by atoms with van der Waals surface area (Å²) in [6.07, 6.45) is 3.58. The van der Waals surface area contributed by atoms with Gasteiger partial charge in [-0.15, -0.1) is 0 Å². The van der Waals surface area contributed by atoms with Gasteiger partial charge >= 0.3 is 18.9 Å². The molecular weight excluding hydrogens is 455 g/mol. The molecule has 176 valence electrons. The van der Waals surface area contributed by atoms with Crippen LogP contribution in [0, 0.1) is 11.3 Å². The van der Waals surface area contributed by atoms with Crippen molar-refractivity contribution in [3.05, 3.63) is 125 Å². The van der Waals surface area contributed by atoms with Crippen molar-refractivity contribution in [1.29, 1.82) is 5.26 Å². The molecule has 7 heteroatoms. The van der Waals surface area contributed by atoms with E-state index in [2.05, 4.69) is 40.6 Å². The molecule has 0 aliphatic carbocycles. The molecule has 0 fully saturated rings. The van der Waals surface area contributed by atoms with Crippen molar-refractivity contribution in [2.75, 3.05) is 0 Å². The number of nitrogens with one attached hydrogen (secondary N) is 1. The Balaban J connectivity index is 0.00000320. The molecule has 5 rings (SSSR count). The second-order valence-electron chi connectivity index (χ2n) is 8.67. The molecule has 1 N–H and O–H groups in total. The number of benzene rings is 4. The van der Waals surface area contributed by atoms with E-state index in [0.29, 0.717) is 12.1 Å². The van der Waals surface area contributed by atoms with Crippen LogP contribution in [0.3, 0.4) is 0 Å². The Morgan fingerprint density at radius 1 is 1.03 bits per heavy atom. The third kappa shape index (κ3) is 5.35. The largest absolute Gasteiger partial charge is 1.00 e. The van der Waals surface area contributed by atoms with E-state index in [1.807, 2.05) is 54.2 Å². The molecule has 1 atom stereocenters. The first-order chi connectivity index (χ1) is 17.5. The summed E-state index contributed by atoms with van der Waals surface area (Å²) in [4.78, 5) is 15.4. The molecule has 5 aromatic rings. The number of nitriles is 1. The predicted octanol–water partition coefficient (Wildman–Crippen LogP) is 1.36. The van der Waals surface area contributed by atoms with Gasteiger partial charge in [-0.05, 0) is 45.2 Å². The molecule has 0 spiro atoms. The zero-order chi connectivity index (χ0) is 25.1. The number of aromatic nitrogens is 2. The van der Waals surface area contributed by atoms with Gasteiger partial charge in [0.25, 0.3) is 0 Å². The topological polar surface area (TPSA) is 93.8 Å². The molecule has 1 heterocycles. The molecule has 0 aliphatic rings. The molecule has 4 aromatic carbocycles. The molecule has 1 aromatic heterocycles. The van der Waals surface area contributed by atoms with E-state index >= 15 is 0 Å². The zero-order valence-electron chi connectivity index (χ0n) is 20.7. The molecule has 0 aliphatic heterocycles. The van der Waals surface area contributed by atoms with Crippen LogP contribution in [0.25, 0.3) is 21.9 Å². The van der Waals surface area contributed by atoms with Crippen molar-refractivity contribution in [2.24, 2.45) is 7.05 Å². The van der Waals surface area contributed by atoms with Crippen LogP contribution in [-0.4, -0.2) is 15.5 Å². The molecule has 1 unspecified atom stereocenters. The number of hydrogen-bond acceptors (Lipinski definition) is 5. The number of nitrogens with zero attached hydrogens (tertiary/aromatic N) is 3. The first-order valence-corrected chi connectivity index (χ1v) is 11.6. The maximum Gasteiger partial charge on any atom is 1.00 e. The minimum atomic E-state index is -1.19. The van der Waals surface area contributed by atoms with E-state index < -0.39 is 5.97 Å². The van der Waals surface area contributed by atoms with Crippen LogP contribution in [0.2, 0.25) is 0 Å². The van der Waals surface area contributed by atoms with Gasteiger partial charge in [0.1, 0.15) is 0 Å². The molecule has 0 saturated heterocycles. The van der Waals surface area contributed by atoms with Crippen molar-refractivity contribution in [1.82, 2.24) is 14.9 Å². The number of aryl methyl sites for hydroxylation is 1. The number of carbonyl (C=O) groups excluding carboxylic acids is 1. The van der Waals surface area contributed by atoms with Crippen molar-refractivity contribution in [2.45, 2.75) is 12.6 Å². The molecule has 0 amide bonds. The Morgan fingerprint density at radius 2 is 1.78 bits per heavy atom. The van der Waals surface area contributed by atoms with Crippen molar-refractivity contribution >= 4 is 16.7 Å². The van der Waals surface area contributed by atoms with Crippen molar-refractivity contribution in [3.8, 4) is 17.2 Å². The number of fused-ring (bicyclic) bond motifs is 1. The molecule has 37 heavy (non-hydrogen) atoms. The molecule has 0 radical (unpaired) electrons. The van der Waals surface area contributed by atoms with E-state index in [9.17, 15) is 15.2 Å². The minimum absolute atomic E-state index is 0. The number of aromatic carboxylic acids is 1. The van der Waals surface area contributed by atoms with E-state index in [1.54, 1.807) is 30.6 Å². The van der Waals surface area contributed by atoms with Gasteiger partial charge in [0.2, 0.25) is 0 Å². The SMILES string of the molecule is Cn1cncc1C(NCc1ccc(C(=O)[O-])cc1)c1ccc(C#N)c(-c2cccc3ccccc23)c1.[Li+]. The average Bonchev–Trinajstić information content (AvgIpc) is 3.34. The maximum atomic E-state index is 11.1. The van der Waals surface area contributed by atoms with Gasteiger partial charge in [-0.2, -0.15) is 5.26 Å². The number of carboxylic acids is 1. The quantitative estimate of drug-likeness (QED) is 0.357. The van der Waals surface area contributed by atoms with Crippen LogP contribution >= 0.6 is 0 Å².